The number of aromatic nitrogens is 2. The fourth-order valence-electron chi connectivity index (χ4n) is 4.36. The average molecular weight is 537 g/mol. The van der Waals surface area contributed by atoms with Gasteiger partial charge in [-0.2, -0.15) is 4.02 Å². The highest BCUT2D eigenvalue weighted by Gasteiger charge is 2.28. The molecule has 0 fully saturated rings. The van der Waals surface area contributed by atoms with Gasteiger partial charge in [-0.1, -0.05) is 68.2 Å². The Bertz CT molecular complexity index is 1030. The summed E-state index contributed by atoms with van der Waals surface area (Å²) in [4.78, 5) is 13.5. The molecule has 0 atom stereocenters. The topological polar surface area (TPSA) is 79.8 Å². The molecule has 0 amide bonds. The summed E-state index contributed by atoms with van der Waals surface area (Å²) in [6.07, 6.45) is 5.01. The number of ketones is 1. The van der Waals surface area contributed by atoms with Crippen LogP contribution in [-0.4, -0.2) is 25.1 Å². The van der Waals surface area contributed by atoms with Gasteiger partial charge in [-0.25, -0.2) is 0 Å². The number of aliphatic hydroxyl groups is 1. The van der Waals surface area contributed by atoms with Crippen molar-refractivity contribution in [2.24, 2.45) is 9.94 Å². The van der Waals surface area contributed by atoms with Crippen LogP contribution in [0.25, 0.3) is 0 Å². The number of phenolic OH excluding ortho intramolecular Hbond substituents is 1. The number of imidazole rings is 1. The molecule has 0 aliphatic heterocycles. The van der Waals surface area contributed by atoms with Crippen molar-refractivity contribution >= 4 is 21.9 Å². The molecule has 0 aliphatic carbocycles. The van der Waals surface area contributed by atoms with Crippen LogP contribution in [0.15, 0.2) is 22.3 Å². The number of benzene rings is 1. The van der Waals surface area contributed by atoms with Crippen LogP contribution in [0.5, 0.6) is 5.75 Å². The number of aliphatic hydroxyl groups excluding tert-OH is 1. The van der Waals surface area contributed by atoms with E-state index >= 15 is 0 Å². The zero-order valence-corrected chi connectivity index (χ0v) is 23.7. The molecule has 0 spiro atoms. The number of carbonyl (C=O) groups excluding carboxylic acids is 1. The molecule has 2 rings (SSSR count). The number of phenols is 1. The minimum Gasteiger partial charge on any atom is -0.507 e. The Morgan fingerprint density at radius 1 is 1.06 bits per heavy atom. The van der Waals surface area contributed by atoms with E-state index in [-0.39, 0.29) is 35.5 Å². The van der Waals surface area contributed by atoms with Gasteiger partial charge in [0.05, 0.1) is 35.0 Å². The van der Waals surface area contributed by atoms with E-state index in [0.29, 0.717) is 17.1 Å². The fraction of sp³-hybridized carbons (Fsp3) is 0.630. The number of rotatable bonds is 9. The smallest absolute Gasteiger partial charge is 0.217 e. The van der Waals surface area contributed by atoms with Gasteiger partial charge in [-0.3, -0.25) is 4.79 Å². The predicted molar refractivity (Wildman–Crippen MR) is 141 cm³/mol. The summed E-state index contributed by atoms with van der Waals surface area (Å²) >= 11 is 3.23. The lowest BCUT2D eigenvalue weighted by molar-refractivity contribution is 0.0970. The summed E-state index contributed by atoms with van der Waals surface area (Å²) in [5.74, 6) is 0.798. The molecular formula is C27H42BrN3O3. The van der Waals surface area contributed by atoms with E-state index in [1.54, 1.807) is 10.8 Å². The number of aromatic hydroxyl groups is 1. The van der Waals surface area contributed by atoms with Crippen molar-refractivity contribution in [2.45, 2.75) is 105 Å². The van der Waals surface area contributed by atoms with Gasteiger partial charge in [0, 0.05) is 29.4 Å². The highest BCUT2D eigenvalue weighted by molar-refractivity contribution is 9.08. The van der Waals surface area contributed by atoms with E-state index in [1.807, 2.05) is 58.2 Å². The van der Waals surface area contributed by atoms with Gasteiger partial charge < -0.3 is 19.3 Å². The molecule has 1 heterocycles. The molecule has 6 nitrogen and oxygen atoms in total. The van der Waals surface area contributed by atoms with E-state index < -0.39 is 0 Å². The minimum atomic E-state index is -0.313. The molecule has 0 saturated carbocycles. The van der Waals surface area contributed by atoms with Crippen molar-refractivity contribution in [3.63, 3.8) is 0 Å². The maximum atomic E-state index is 13.5. The van der Waals surface area contributed by atoms with Gasteiger partial charge in [0.1, 0.15) is 5.75 Å². The molecule has 0 bridgehead atoms. The molecule has 7 heteroatoms. The molecule has 2 aromatic rings. The standard InChI is InChI=1S/C27H42BrN3O3/c1-9-18(10-2)11-12-31-20(17-32)15-30(25(31)29-28)16-23(33)19-13-21(26(3,4)5)24(34)22(14-19)27(6,7)8/h13-15,18,32,34H,9-12,16-17H2,1-8H3/b29-25+. The number of halogens is 1. The average Bonchev–Trinajstić information content (AvgIpc) is 3.08. The van der Waals surface area contributed by atoms with E-state index in [4.69, 9.17) is 0 Å². The molecule has 0 unspecified atom stereocenters. The van der Waals surface area contributed by atoms with Gasteiger partial charge in [0.25, 0.3) is 0 Å². The van der Waals surface area contributed by atoms with E-state index in [0.717, 1.165) is 42.6 Å². The van der Waals surface area contributed by atoms with Crippen LogP contribution in [0.1, 0.15) is 102 Å². The second kappa shape index (κ2) is 11.3. The fourth-order valence-corrected chi connectivity index (χ4v) is 4.76. The van der Waals surface area contributed by atoms with Crippen LogP contribution < -0.4 is 5.62 Å². The molecule has 190 valence electrons. The van der Waals surface area contributed by atoms with Gasteiger partial charge in [-0.05, 0) is 35.3 Å². The Hall–Kier alpha value is -1.86. The summed E-state index contributed by atoms with van der Waals surface area (Å²) in [6, 6.07) is 3.63. The molecule has 1 aromatic carbocycles. The van der Waals surface area contributed by atoms with Gasteiger partial charge in [0.2, 0.25) is 5.62 Å². The summed E-state index contributed by atoms with van der Waals surface area (Å²) in [5, 5.41) is 20.9. The van der Waals surface area contributed by atoms with Crippen molar-refractivity contribution < 1.29 is 15.0 Å². The Labute approximate surface area is 213 Å². The van der Waals surface area contributed by atoms with Crippen LogP contribution in [0.3, 0.4) is 0 Å². The second-order valence-corrected chi connectivity index (χ2v) is 11.6. The van der Waals surface area contributed by atoms with Gasteiger partial charge in [0.15, 0.2) is 5.78 Å². The number of nitrogens with zero attached hydrogens (tertiary/aromatic N) is 3. The second-order valence-electron chi connectivity index (χ2n) is 11.3. The van der Waals surface area contributed by atoms with Crippen molar-refractivity contribution in [1.29, 1.82) is 0 Å². The summed E-state index contributed by atoms with van der Waals surface area (Å²) < 4.78 is 8.05. The lowest BCUT2D eigenvalue weighted by atomic mass is 9.78. The molecule has 0 saturated heterocycles. The third-order valence-electron chi connectivity index (χ3n) is 6.66. The monoisotopic (exact) mass is 535 g/mol. The maximum Gasteiger partial charge on any atom is 0.217 e. The zero-order chi connectivity index (χ0) is 25.8. The number of hydrogen-bond donors (Lipinski definition) is 2. The predicted octanol–water partition coefficient (Wildman–Crippen LogP) is 6.00. The number of carbonyl (C=O) groups is 1. The summed E-state index contributed by atoms with van der Waals surface area (Å²) in [6.45, 7) is 17.3. The maximum absolute atomic E-state index is 13.5. The molecular weight excluding hydrogens is 494 g/mol. The first-order valence-corrected chi connectivity index (χ1v) is 12.9. The zero-order valence-electron chi connectivity index (χ0n) is 22.1. The van der Waals surface area contributed by atoms with Crippen LogP contribution >= 0.6 is 16.1 Å². The van der Waals surface area contributed by atoms with Crippen LogP contribution in [0, 0.1) is 5.92 Å². The third kappa shape index (κ3) is 6.42. The Balaban J connectivity index is 2.50. The lowest BCUT2D eigenvalue weighted by Gasteiger charge is -2.28. The molecule has 2 N–H and O–H groups in total. The highest BCUT2D eigenvalue weighted by Crippen LogP contribution is 2.39. The van der Waals surface area contributed by atoms with Gasteiger partial charge in [-0.15, -0.1) is 0 Å². The SMILES string of the molecule is CCC(CC)CCn1c(CO)cn(CC(=O)c2cc(C(C)(C)C)c(O)c(C(C)(C)C)c2)/c1=N\Br. The molecule has 34 heavy (non-hydrogen) atoms. The van der Waals surface area contributed by atoms with E-state index in [9.17, 15) is 15.0 Å². The third-order valence-corrected chi connectivity index (χ3v) is 6.98. The summed E-state index contributed by atoms with van der Waals surface area (Å²) in [5.41, 5.74) is 2.80. The van der Waals surface area contributed by atoms with Crippen molar-refractivity contribution in [3.05, 3.63) is 46.3 Å². The molecule has 0 aliphatic rings. The Kier molecular flexibility index (Phi) is 9.39. The first kappa shape index (κ1) is 28.4. The van der Waals surface area contributed by atoms with Gasteiger partial charge >= 0.3 is 0 Å². The van der Waals surface area contributed by atoms with Crippen molar-refractivity contribution in [1.82, 2.24) is 9.13 Å². The van der Waals surface area contributed by atoms with Crippen LogP contribution in [-0.2, 0) is 30.5 Å². The normalized spacial score (nSPS) is 13.2. The lowest BCUT2D eigenvalue weighted by Crippen LogP contribution is -2.29. The first-order chi connectivity index (χ1) is 15.8. The van der Waals surface area contributed by atoms with Crippen LogP contribution in [0.2, 0.25) is 0 Å². The minimum absolute atomic E-state index is 0.0694. The first-order valence-electron chi connectivity index (χ1n) is 12.2. The van der Waals surface area contributed by atoms with Crippen molar-refractivity contribution in [3.8, 4) is 5.75 Å². The van der Waals surface area contributed by atoms with Crippen molar-refractivity contribution in [2.75, 3.05) is 0 Å². The Morgan fingerprint density at radius 2 is 1.59 bits per heavy atom. The largest absolute Gasteiger partial charge is 0.507 e. The highest BCUT2D eigenvalue weighted by atomic mass is 79.9. The Morgan fingerprint density at radius 3 is 2.00 bits per heavy atom. The van der Waals surface area contributed by atoms with Crippen LogP contribution in [0.4, 0.5) is 0 Å². The van der Waals surface area contributed by atoms with E-state index in [1.165, 1.54) is 0 Å². The molecule has 1 aromatic heterocycles. The molecule has 0 radical (unpaired) electrons. The number of hydrogen-bond acceptors (Lipinski definition) is 4. The number of Topliss-reactive ketones (excluding diaryl/α,β-unsaturated/α-hetero) is 1. The quantitative estimate of drug-likeness (QED) is 0.386. The van der Waals surface area contributed by atoms with E-state index in [2.05, 4.69) is 34.0 Å². The summed E-state index contributed by atoms with van der Waals surface area (Å²) in [7, 11) is 0.